The van der Waals surface area contributed by atoms with E-state index in [0.717, 1.165) is 27.9 Å². The van der Waals surface area contributed by atoms with Crippen molar-refractivity contribution in [3.05, 3.63) is 84.9 Å². The number of hydrogen-bond acceptors (Lipinski definition) is 2. The molecule has 2 nitrogen and oxygen atoms in total. The molecular weight excluding hydrogens is 326 g/mol. The van der Waals surface area contributed by atoms with E-state index >= 15 is 0 Å². The molecule has 3 aromatic carbocycles. The van der Waals surface area contributed by atoms with Crippen LogP contribution >= 0.6 is 0 Å². The standard InChI is InChI=1S/C15H12NO.C5H5.Fe/c1-17-13-8-6-12-7-9-14(16-15(12)10-13)11-4-2-3-5-11;1-2-4-5-3-1;/h2-10H,1H3;1-5H;/q2*-1;+2. The molecule has 4 rings (SSSR count). The Kier molecular flexibility index (Phi) is 6.16. The summed E-state index contributed by atoms with van der Waals surface area (Å²) >= 11 is 0. The third-order valence-corrected chi connectivity index (χ3v) is 3.41. The fourth-order valence-electron chi connectivity index (χ4n) is 2.25. The van der Waals surface area contributed by atoms with Crippen molar-refractivity contribution in [1.29, 1.82) is 0 Å². The Labute approximate surface area is 147 Å². The molecule has 3 heteroatoms. The van der Waals surface area contributed by atoms with E-state index in [-0.39, 0.29) is 17.1 Å². The minimum atomic E-state index is 0. The first kappa shape index (κ1) is 17.0. The van der Waals surface area contributed by atoms with E-state index < -0.39 is 0 Å². The Morgan fingerprint density at radius 2 is 1.65 bits per heavy atom. The zero-order valence-electron chi connectivity index (χ0n) is 12.8. The molecule has 116 valence electrons. The molecule has 0 bridgehead atoms. The molecule has 0 aliphatic heterocycles. The summed E-state index contributed by atoms with van der Waals surface area (Å²) in [7, 11) is 1.67. The Bertz CT molecular complexity index is 803. The minimum Gasteiger partial charge on any atom is -0.497 e. The van der Waals surface area contributed by atoms with E-state index in [9.17, 15) is 0 Å². The van der Waals surface area contributed by atoms with E-state index in [2.05, 4.69) is 23.2 Å². The van der Waals surface area contributed by atoms with Gasteiger partial charge in [-0.15, -0.1) is 18.2 Å². The van der Waals surface area contributed by atoms with Crippen molar-refractivity contribution in [1.82, 2.24) is 4.98 Å². The number of methoxy groups -OCH3 is 1. The van der Waals surface area contributed by atoms with Gasteiger partial charge in [0.1, 0.15) is 5.75 Å². The predicted molar refractivity (Wildman–Crippen MR) is 91.4 cm³/mol. The summed E-state index contributed by atoms with van der Waals surface area (Å²) in [6, 6.07) is 28.2. The second-order valence-electron chi connectivity index (χ2n) is 4.89. The molecule has 0 saturated heterocycles. The van der Waals surface area contributed by atoms with Gasteiger partial charge in [0.15, 0.2) is 0 Å². The van der Waals surface area contributed by atoms with Gasteiger partial charge in [0.05, 0.1) is 12.6 Å². The summed E-state index contributed by atoms with van der Waals surface area (Å²) in [6.07, 6.45) is 0. The van der Waals surface area contributed by atoms with Crippen LogP contribution in [0, 0.1) is 0 Å². The van der Waals surface area contributed by atoms with Gasteiger partial charge in [-0.1, -0.05) is 11.6 Å². The summed E-state index contributed by atoms with van der Waals surface area (Å²) in [5.74, 6) is 0.838. The third-order valence-electron chi connectivity index (χ3n) is 3.41. The van der Waals surface area contributed by atoms with Gasteiger partial charge in [-0.05, 0) is 23.2 Å². The van der Waals surface area contributed by atoms with Crippen LogP contribution in [0.2, 0.25) is 0 Å². The average molecular weight is 343 g/mol. The quantitative estimate of drug-likeness (QED) is 0.376. The van der Waals surface area contributed by atoms with Crippen molar-refractivity contribution in [2.45, 2.75) is 0 Å². The maximum absolute atomic E-state index is 5.21. The van der Waals surface area contributed by atoms with Crippen molar-refractivity contribution in [3.8, 4) is 17.0 Å². The molecular formula is C20H17FeNO. The van der Waals surface area contributed by atoms with Crippen LogP contribution in [0.3, 0.4) is 0 Å². The third kappa shape index (κ3) is 4.32. The van der Waals surface area contributed by atoms with Crippen LogP contribution in [-0.2, 0) is 17.1 Å². The molecule has 0 spiro atoms. The van der Waals surface area contributed by atoms with Crippen molar-refractivity contribution >= 4 is 10.9 Å². The Balaban J connectivity index is 0.000000276. The second-order valence-corrected chi connectivity index (χ2v) is 4.89. The number of aromatic nitrogens is 1. The summed E-state index contributed by atoms with van der Waals surface area (Å²) < 4.78 is 5.21. The van der Waals surface area contributed by atoms with Crippen molar-refractivity contribution in [2.75, 3.05) is 7.11 Å². The molecule has 0 N–H and O–H groups in total. The van der Waals surface area contributed by atoms with Gasteiger partial charge in [0.2, 0.25) is 0 Å². The normalized spacial score (nSPS) is 9.61. The summed E-state index contributed by atoms with van der Waals surface area (Å²) in [5, 5.41) is 1.13. The zero-order valence-corrected chi connectivity index (χ0v) is 13.9. The summed E-state index contributed by atoms with van der Waals surface area (Å²) in [6.45, 7) is 0. The van der Waals surface area contributed by atoms with Gasteiger partial charge in [-0.3, -0.25) is 4.98 Å². The number of fused-ring (bicyclic) bond motifs is 1. The van der Waals surface area contributed by atoms with E-state index in [1.807, 2.05) is 66.7 Å². The van der Waals surface area contributed by atoms with Gasteiger partial charge >= 0.3 is 17.1 Å². The Morgan fingerprint density at radius 1 is 0.957 bits per heavy atom. The number of benzene rings is 1. The molecule has 1 aromatic heterocycles. The number of pyridine rings is 1. The number of hydrogen-bond donors (Lipinski definition) is 0. The van der Waals surface area contributed by atoms with Crippen molar-refractivity contribution in [3.63, 3.8) is 0 Å². The molecule has 0 saturated carbocycles. The minimum absolute atomic E-state index is 0. The fraction of sp³-hybridized carbons (Fsp3) is 0.0500. The van der Waals surface area contributed by atoms with Crippen LogP contribution in [0.15, 0.2) is 84.9 Å². The van der Waals surface area contributed by atoms with Gasteiger partial charge in [0, 0.05) is 6.07 Å². The summed E-state index contributed by atoms with van der Waals surface area (Å²) in [5.41, 5.74) is 3.11. The second kappa shape index (κ2) is 8.33. The predicted octanol–water partition coefficient (Wildman–Crippen LogP) is 5.03. The van der Waals surface area contributed by atoms with Crippen molar-refractivity contribution in [2.24, 2.45) is 0 Å². The van der Waals surface area contributed by atoms with Crippen LogP contribution in [0.25, 0.3) is 22.2 Å². The number of rotatable bonds is 2. The first-order valence-electron chi connectivity index (χ1n) is 7.20. The molecule has 0 atom stereocenters. The molecule has 1 heterocycles. The molecule has 4 aromatic rings. The maximum atomic E-state index is 5.21. The zero-order chi connectivity index (χ0) is 15.2. The largest absolute Gasteiger partial charge is 2.00 e. The topological polar surface area (TPSA) is 22.1 Å². The van der Waals surface area contributed by atoms with Crippen LogP contribution in [0.1, 0.15) is 0 Å². The van der Waals surface area contributed by atoms with Crippen LogP contribution < -0.4 is 4.74 Å². The van der Waals surface area contributed by atoms with E-state index in [1.54, 1.807) is 7.11 Å². The van der Waals surface area contributed by atoms with Gasteiger partial charge in [-0.25, -0.2) is 12.1 Å². The van der Waals surface area contributed by atoms with E-state index in [0.29, 0.717) is 0 Å². The van der Waals surface area contributed by atoms with Crippen LogP contribution in [-0.4, -0.2) is 12.1 Å². The van der Waals surface area contributed by atoms with Gasteiger partial charge in [-0.2, -0.15) is 30.3 Å². The molecule has 0 radical (unpaired) electrons. The smallest absolute Gasteiger partial charge is 0.497 e. The van der Waals surface area contributed by atoms with Crippen LogP contribution in [0.5, 0.6) is 5.75 Å². The van der Waals surface area contributed by atoms with E-state index in [1.165, 1.54) is 0 Å². The molecule has 0 aliphatic rings. The first-order chi connectivity index (χ1) is 10.9. The first-order valence-corrected chi connectivity index (χ1v) is 7.20. The Hall–Kier alpha value is -2.35. The maximum Gasteiger partial charge on any atom is 2.00 e. The molecule has 0 aliphatic carbocycles. The molecule has 23 heavy (non-hydrogen) atoms. The number of ether oxygens (including phenoxy) is 1. The number of nitrogens with zero attached hydrogens (tertiary/aromatic N) is 1. The molecule has 0 amide bonds. The average Bonchev–Trinajstić information content (AvgIpc) is 3.29. The molecule has 0 fully saturated rings. The SMILES string of the molecule is COc1ccc2ccc(-[c-]3cccc3)nc2c1.[Fe+2].c1cc[cH-]c1. The fourth-order valence-corrected chi connectivity index (χ4v) is 2.25. The molecule has 0 unspecified atom stereocenters. The van der Waals surface area contributed by atoms with Crippen LogP contribution in [0.4, 0.5) is 0 Å². The van der Waals surface area contributed by atoms with E-state index in [4.69, 9.17) is 4.74 Å². The van der Waals surface area contributed by atoms with Gasteiger partial charge < -0.3 is 4.74 Å². The Morgan fingerprint density at radius 3 is 2.26 bits per heavy atom. The van der Waals surface area contributed by atoms with Gasteiger partial charge in [0.25, 0.3) is 0 Å². The van der Waals surface area contributed by atoms with Crippen molar-refractivity contribution < 1.29 is 21.8 Å². The summed E-state index contributed by atoms with van der Waals surface area (Å²) in [4.78, 5) is 4.65. The monoisotopic (exact) mass is 343 g/mol.